The molecule has 126 valence electrons. The molecule has 0 unspecified atom stereocenters. The Bertz CT molecular complexity index is 1080. The van der Waals surface area contributed by atoms with Crippen LogP contribution in [0.15, 0.2) is 71.9 Å². The van der Waals surface area contributed by atoms with Crippen LogP contribution in [0.1, 0.15) is 11.4 Å². The zero-order valence-electron chi connectivity index (χ0n) is 13.7. The van der Waals surface area contributed by atoms with E-state index in [0.717, 1.165) is 16.6 Å². The third-order valence-electron chi connectivity index (χ3n) is 3.87. The fraction of sp³-hybridized carbons (Fsp3) is 0. The molecule has 0 atom stereocenters. The first-order chi connectivity index (χ1) is 12.7. The van der Waals surface area contributed by atoms with Gasteiger partial charge in [0.1, 0.15) is 11.7 Å². The van der Waals surface area contributed by atoms with Crippen molar-refractivity contribution in [1.82, 2.24) is 20.3 Å². The molecule has 7 heteroatoms. The third kappa shape index (κ3) is 2.93. The average molecular weight is 341 g/mol. The number of para-hydroxylation sites is 2. The zero-order valence-corrected chi connectivity index (χ0v) is 13.7. The van der Waals surface area contributed by atoms with E-state index in [1.165, 1.54) is 0 Å². The summed E-state index contributed by atoms with van der Waals surface area (Å²) in [5.41, 5.74) is 9.92. The molecule has 0 fully saturated rings. The Hall–Kier alpha value is -3.87. The molecule has 0 radical (unpaired) electrons. The Morgan fingerprint density at radius 3 is 2.50 bits per heavy atom. The second kappa shape index (κ2) is 6.56. The first-order valence-corrected chi connectivity index (χ1v) is 7.95. The summed E-state index contributed by atoms with van der Waals surface area (Å²) in [6.45, 7) is 0. The number of nitrogens with two attached hydrogens (primary N) is 1. The molecular weight excluding hydrogens is 326 g/mol. The van der Waals surface area contributed by atoms with Crippen molar-refractivity contribution < 1.29 is 0 Å². The molecule has 0 bridgehead atoms. The molecule has 3 aromatic rings. The minimum atomic E-state index is -0.106. The van der Waals surface area contributed by atoms with Gasteiger partial charge in [0.05, 0.1) is 34.2 Å². The molecule has 0 amide bonds. The largest absolute Gasteiger partial charge is 0.384 e. The maximum absolute atomic E-state index is 7.85. The Kier molecular flexibility index (Phi) is 3.95. The third-order valence-corrected chi connectivity index (χ3v) is 3.87. The van der Waals surface area contributed by atoms with E-state index in [1.54, 1.807) is 36.9 Å². The summed E-state index contributed by atoms with van der Waals surface area (Å²) < 4.78 is 0. The van der Waals surface area contributed by atoms with Gasteiger partial charge in [-0.15, -0.1) is 0 Å². The van der Waals surface area contributed by atoms with Crippen LogP contribution in [-0.4, -0.2) is 27.0 Å². The molecule has 0 aliphatic carbocycles. The van der Waals surface area contributed by atoms with Gasteiger partial charge in [-0.2, -0.15) is 0 Å². The molecule has 0 saturated carbocycles. The minimum absolute atomic E-state index is 0.106. The molecule has 1 aliphatic heterocycles. The van der Waals surface area contributed by atoms with Crippen molar-refractivity contribution in [2.24, 2.45) is 10.7 Å². The minimum Gasteiger partial charge on any atom is -0.384 e. The van der Waals surface area contributed by atoms with Gasteiger partial charge in [-0.3, -0.25) is 15.4 Å². The van der Waals surface area contributed by atoms with E-state index in [2.05, 4.69) is 25.3 Å². The van der Waals surface area contributed by atoms with Crippen LogP contribution in [0, 0.1) is 5.41 Å². The highest BCUT2D eigenvalue weighted by Gasteiger charge is 2.16. The maximum atomic E-state index is 7.85. The summed E-state index contributed by atoms with van der Waals surface area (Å²) in [5, 5.41) is 10.9. The molecule has 4 rings (SSSR count). The van der Waals surface area contributed by atoms with Crippen molar-refractivity contribution in [1.29, 1.82) is 5.41 Å². The first kappa shape index (κ1) is 15.6. The van der Waals surface area contributed by atoms with E-state index in [4.69, 9.17) is 11.1 Å². The van der Waals surface area contributed by atoms with Gasteiger partial charge in [-0.1, -0.05) is 18.2 Å². The van der Waals surface area contributed by atoms with E-state index < -0.39 is 0 Å². The van der Waals surface area contributed by atoms with Gasteiger partial charge in [-0.25, -0.2) is 9.98 Å². The number of nitrogens with zero attached hydrogens (tertiary/aromatic N) is 4. The molecule has 2 aromatic heterocycles. The SMILES string of the molecule is N=C(N)/C(=C1/N=CC(c2cnc3ccccc3n2)=CN1)c1ccccn1. The highest BCUT2D eigenvalue weighted by atomic mass is 15.0. The van der Waals surface area contributed by atoms with Crippen LogP contribution in [0.2, 0.25) is 0 Å². The van der Waals surface area contributed by atoms with Crippen LogP contribution in [-0.2, 0) is 0 Å². The van der Waals surface area contributed by atoms with Crippen LogP contribution in [0.3, 0.4) is 0 Å². The number of aliphatic imine (C=N–C) groups is 1. The average Bonchev–Trinajstić information content (AvgIpc) is 2.69. The van der Waals surface area contributed by atoms with Gasteiger partial charge < -0.3 is 11.1 Å². The van der Waals surface area contributed by atoms with Gasteiger partial charge >= 0.3 is 0 Å². The maximum Gasteiger partial charge on any atom is 0.143 e. The summed E-state index contributed by atoms with van der Waals surface area (Å²) in [4.78, 5) is 17.7. The lowest BCUT2D eigenvalue weighted by Crippen LogP contribution is -2.20. The highest BCUT2D eigenvalue weighted by Crippen LogP contribution is 2.21. The quantitative estimate of drug-likeness (QED) is 0.500. The predicted molar refractivity (Wildman–Crippen MR) is 102 cm³/mol. The van der Waals surface area contributed by atoms with Crippen molar-refractivity contribution in [3.8, 4) is 0 Å². The number of aromatic nitrogens is 3. The lowest BCUT2D eigenvalue weighted by molar-refractivity contribution is 1.02. The van der Waals surface area contributed by atoms with Gasteiger partial charge in [0.2, 0.25) is 0 Å². The summed E-state index contributed by atoms with van der Waals surface area (Å²) in [7, 11) is 0. The summed E-state index contributed by atoms with van der Waals surface area (Å²) in [6, 6.07) is 13.1. The lowest BCUT2D eigenvalue weighted by atomic mass is 10.1. The van der Waals surface area contributed by atoms with Crippen molar-refractivity contribution in [2.75, 3.05) is 0 Å². The number of nitrogens with one attached hydrogen (secondary N) is 2. The number of amidine groups is 1. The van der Waals surface area contributed by atoms with Crippen LogP contribution in [0.4, 0.5) is 0 Å². The van der Waals surface area contributed by atoms with E-state index in [1.807, 2.05) is 30.3 Å². The molecule has 1 aromatic carbocycles. The predicted octanol–water partition coefficient (Wildman–Crippen LogP) is 2.34. The van der Waals surface area contributed by atoms with Crippen molar-refractivity contribution in [2.45, 2.75) is 0 Å². The topological polar surface area (TPSA) is 113 Å². The second-order valence-corrected chi connectivity index (χ2v) is 5.60. The number of hydrogen-bond donors (Lipinski definition) is 3. The fourth-order valence-corrected chi connectivity index (χ4v) is 2.63. The highest BCUT2D eigenvalue weighted by molar-refractivity contribution is 6.21. The van der Waals surface area contributed by atoms with Crippen molar-refractivity contribution in [3.63, 3.8) is 0 Å². The second-order valence-electron chi connectivity index (χ2n) is 5.60. The molecule has 0 saturated heterocycles. The van der Waals surface area contributed by atoms with Crippen LogP contribution in [0.5, 0.6) is 0 Å². The van der Waals surface area contributed by atoms with Crippen LogP contribution in [0.25, 0.3) is 22.2 Å². The number of fused-ring (bicyclic) bond motifs is 1. The van der Waals surface area contributed by atoms with Crippen molar-refractivity contribution in [3.05, 3.63) is 78.3 Å². The van der Waals surface area contributed by atoms with E-state index in [0.29, 0.717) is 22.8 Å². The zero-order chi connectivity index (χ0) is 17.9. The van der Waals surface area contributed by atoms with E-state index >= 15 is 0 Å². The molecule has 0 spiro atoms. The number of pyridine rings is 1. The number of hydrogen-bond acceptors (Lipinski definition) is 6. The molecule has 3 heterocycles. The molecular formula is C19H15N7. The van der Waals surface area contributed by atoms with Crippen molar-refractivity contribution >= 4 is 34.2 Å². The summed E-state index contributed by atoms with van der Waals surface area (Å²) in [6.07, 6.45) is 6.81. The first-order valence-electron chi connectivity index (χ1n) is 7.95. The van der Waals surface area contributed by atoms with Gasteiger partial charge in [0, 0.05) is 24.2 Å². The Labute approximate surface area is 149 Å². The smallest absolute Gasteiger partial charge is 0.143 e. The monoisotopic (exact) mass is 341 g/mol. The van der Waals surface area contributed by atoms with Crippen LogP contribution >= 0.6 is 0 Å². The normalized spacial score (nSPS) is 15.3. The van der Waals surface area contributed by atoms with E-state index in [9.17, 15) is 0 Å². The Morgan fingerprint density at radius 1 is 1.00 bits per heavy atom. The van der Waals surface area contributed by atoms with Gasteiger partial charge in [0.15, 0.2) is 0 Å². The number of rotatable bonds is 3. The Morgan fingerprint density at radius 2 is 1.81 bits per heavy atom. The van der Waals surface area contributed by atoms with E-state index in [-0.39, 0.29) is 5.84 Å². The lowest BCUT2D eigenvalue weighted by Gasteiger charge is -2.15. The standard InChI is InChI=1S/C19H15N7/c20-18(21)17(15-7-3-4-8-22-15)19-24-9-12(10-25-19)16-11-23-13-5-1-2-6-14(13)26-16/h1-11,24H,(H3,20,21)/b19-17+. The van der Waals surface area contributed by atoms with Crippen LogP contribution < -0.4 is 11.1 Å². The fourth-order valence-electron chi connectivity index (χ4n) is 2.63. The molecule has 26 heavy (non-hydrogen) atoms. The van der Waals surface area contributed by atoms with Gasteiger partial charge in [-0.05, 0) is 24.3 Å². The number of benzene rings is 1. The molecule has 7 nitrogen and oxygen atoms in total. The van der Waals surface area contributed by atoms with Gasteiger partial charge in [0.25, 0.3) is 0 Å². The molecule has 4 N–H and O–H groups in total. The summed E-state index contributed by atoms with van der Waals surface area (Å²) in [5.74, 6) is 0.361. The summed E-state index contributed by atoms with van der Waals surface area (Å²) >= 11 is 0. The molecule has 1 aliphatic rings. The Balaban J connectivity index is 1.69. The number of allylic oxidation sites excluding steroid dienone is 1.